The molecule has 2 N–H and O–H groups in total. The Bertz CT molecular complexity index is 480. The van der Waals surface area contributed by atoms with Gasteiger partial charge in [0.1, 0.15) is 5.82 Å². The van der Waals surface area contributed by atoms with Gasteiger partial charge in [0.15, 0.2) is 5.96 Å². The number of halogens is 1. The number of hydrogen-bond donors (Lipinski definition) is 2. The van der Waals surface area contributed by atoms with E-state index < -0.39 is 0 Å². The van der Waals surface area contributed by atoms with Gasteiger partial charge in [0, 0.05) is 40.9 Å². The lowest BCUT2D eigenvalue weighted by molar-refractivity contribution is 0.108. The molecule has 1 heterocycles. The van der Waals surface area contributed by atoms with Crippen LogP contribution in [0, 0.1) is 5.92 Å². The van der Waals surface area contributed by atoms with Gasteiger partial charge in [-0.15, -0.1) is 24.0 Å². The van der Waals surface area contributed by atoms with Crippen molar-refractivity contribution in [3.05, 3.63) is 23.9 Å². The molecule has 0 bridgehead atoms. The Kier molecular flexibility index (Phi) is 12.6. The molecule has 0 fully saturated rings. The summed E-state index contributed by atoms with van der Waals surface area (Å²) >= 11 is 0. The Balaban J connectivity index is 0.00000529. The van der Waals surface area contributed by atoms with Crippen LogP contribution in [0.4, 0.5) is 5.82 Å². The van der Waals surface area contributed by atoms with Crippen molar-refractivity contribution in [3.8, 4) is 0 Å². The predicted molar refractivity (Wildman–Crippen MR) is 112 cm³/mol. The molecule has 0 aromatic carbocycles. The third-order valence-corrected chi connectivity index (χ3v) is 3.12. The van der Waals surface area contributed by atoms with Crippen LogP contribution in [0.1, 0.15) is 26.0 Å². The number of ether oxygens (including phenoxy) is 1. The SMILES string of the molecule is CN=C(NCCCOCC(C)C)NCc1cccc(N(C)C)n1.I. The van der Waals surface area contributed by atoms with Gasteiger partial charge in [-0.25, -0.2) is 4.98 Å². The highest BCUT2D eigenvalue weighted by Gasteiger charge is 2.02. The average molecular weight is 449 g/mol. The van der Waals surface area contributed by atoms with Crippen LogP contribution in [0.3, 0.4) is 0 Å². The second kappa shape index (κ2) is 13.2. The third kappa shape index (κ3) is 9.92. The van der Waals surface area contributed by atoms with Crippen LogP contribution < -0.4 is 15.5 Å². The number of aliphatic imine (C=N–C) groups is 1. The molecule has 24 heavy (non-hydrogen) atoms. The van der Waals surface area contributed by atoms with Crippen molar-refractivity contribution in [2.24, 2.45) is 10.9 Å². The molecule has 0 atom stereocenters. The van der Waals surface area contributed by atoms with E-state index >= 15 is 0 Å². The highest BCUT2D eigenvalue weighted by molar-refractivity contribution is 14.0. The van der Waals surface area contributed by atoms with E-state index in [1.165, 1.54) is 0 Å². The minimum absolute atomic E-state index is 0. The fourth-order valence-electron chi connectivity index (χ4n) is 1.91. The predicted octanol–water partition coefficient (Wildman–Crippen LogP) is 2.49. The standard InChI is InChI=1S/C17H31N5O.HI/c1-14(2)13-23-11-7-10-19-17(18-3)20-12-15-8-6-9-16(21-15)22(4)5;/h6,8-9,14H,7,10-13H2,1-5H3,(H2,18,19,20);1H. The van der Waals surface area contributed by atoms with Crippen LogP contribution in [-0.2, 0) is 11.3 Å². The lowest BCUT2D eigenvalue weighted by atomic mass is 10.2. The molecule has 0 radical (unpaired) electrons. The van der Waals surface area contributed by atoms with E-state index in [0.29, 0.717) is 12.5 Å². The molecule has 0 unspecified atom stereocenters. The monoisotopic (exact) mass is 449 g/mol. The summed E-state index contributed by atoms with van der Waals surface area (Å²) in [6, 6.07) is 6.02. The topological polar surface area (TPSA) is 61.8 Å². The minimum Gasteiger partial charge on any atom is -0.381 e. The van der Waals surface area contributed by atoms with Gasteiger partial charge in [-0.2, -0.15) is 0 Å². The summed E-state index contributed by atoms with van der Waals surface area (Å²) in [6.07, 6.45) is 0.960. The van der Waals surface area contributed by atoms with Crippen molar-refractivity contribution >= 4 is 35.8 Å². The molecule has 0 spiro atoms. The second-order valence-corrected chi connectivity index (χ2v) is 6.06. The molecule has 0 aliphatic heterocycles. The molecule has 0 saturated heterocycles. The first kappa shape index (κ1) is 22.9. The Hall–Kier alpha value is -1.09. The van der Waals surface area contributed by atoms with E-state index in [4.69, 9.17) is 4.74 Å². The first-order valence-electron chi connectivity index (χ1n) is 8.18. The fraction of sp³-hybridized carbons (Fsp3) is 0.647. The first-order chi connectivity index (χ1) is 11.0. The molecule has 1 aromatic rings. The highest BCUT2D eigenvalue weighted by Crippen LogP contribution is 2.07. The Morgan fingerprint density at radius 3 is 2.67 bits per heavy atom. The van der Waals surface area contributed by atoms with E-state index in [0.717, 1.165) is 43.7 Å². The zero-order valence-corrected chi connectivity index (χ0v) is 17.8. The van der Waals surface area contributed by atoms with Gasteiger partial charge in [0.25, 0.3) is 0 Å². The molecule has 138 valence electrons. The highest BCUT2D eigenvalue weighted by atomic mass is 127. The number of aromatic nitrogens is 1. The summed E-state index contributed by atoms with van der Waals surface area (Å²) in [4.78, 5) is 10.8. The number of guanidine groups is 1. The first-order valence-corrected chi connectivity index (χ1v) is 8.18. The summed E-state index contributed by atoms with van der Waals surface area (Å²) in [6.45, 7) is 7.39. The lowest BCUT2D eigenvalue weighted by Crippen LogP contribution is -2.37. The van der Waals surface area contributed by atoms with Gasteiger partial charge in [-0.1, -0.05) is 19.9 Å². The summed E-state index contributed by atoms with van der Waals surface area (Å²) in [5, 5.41) is 6.56. The third-order valence-electron chi connectivity index (χ3n) is 3.12. The van der Waals surface area contributed by atoms with E-state index in [1.54, 1.807) is 7.05 Å². The summed E-state index contributed by atoms with van der Waals surface area (Å²) in [7, 11) is 5.75. The van der Waals surface area contributed by atoms with E-state index in [-0.39, 0.29) is 24.0 Å². The van der Waals surface area contributed by atoms with Crippen LogP contribution in [0.25, 0.3) is 0 Å². The van der Waals surface area contributed by atoms with Crippen LogP contribution in [-0.4, -0.2) is 51.8 Å². The number of hydrogen-bond acceptors (Lipinski definition) is 4. The van der Waals surface area contributed by atoms with Gasteiger partial charge in [0.05, 0.1) is 12.2 Å². The normalized spacial score (nSPS) is 11.2. The maximum absolute atomic E-state index is 5.56. The van der Waals surface area contributed by atoms with E-state index in [1.807, 2.05) is 37.2 Å². The second-order valence-electron chi connectivity index (χ2n) is 6.06. The smallest absolute Gasteiger partial charge is 0.191 e. The number of pyridine rings is 1. The van der Waals surface area contributed by atoms with Crippen LogP contribution in [0.2, 0.25) is 0 Å². The maximum Gasteiger partial charge on any atom is 0.191 e. The number of nitrogens with one attached hydrogen (secondary N) is 2. The van der Waals surface area contributed by atoms with Crippen molar-refractivity contribution in [3.63, 3.8) is 0 Å². The molecule has 1 rings (SSSR count). The van der Waals surface area contributed by atoms with Crippen molar-refractivity contribution in [1.29, 1.82) is 0 Å². The fourth-order valence-corrected chi connectivity index (χ4v) is 1.91. The molecule has 7 heteroatoms. The molecular formula is C17H32IN5O. The van der Waals surface area contributed by atoms with Gasteiger partial charge in [0.2, 0.25) is 0 Å². The molecule has 0 aliphatic rings. The minimum atomic E-state index is 0. The number of nitrogens with zero attached hydrogens (tertiary/aromatic N) is 3. The van der Waals surface area contributed by atoms with E-state index in [2.05, 4.69) is 34.5 Å². The van der Waals surface area contributed by atoms with E-state index in [9.17, 15) is 0 Å². The Labute approximate surface area is 163 Å². The maximum atomic E-state index is 5.56. The Morgan fingerprint density at radius 2 is 2.04 bits per heavy atom. The molecule has 6 nitrogen and oxygen atoms in total. The van der Waals surface area contributed by atoms with Crippen LogP contribution in [0.5, 0.6) is 0 Å². The van der Waals surface area contributed by atoms with Gasteiger partial charge in [-0.05, 0) is 24.5 Å². The zero-order chi connectivity index (χ0) is 17.1. The largest absolute Gasteiger partial charge is 0.381 e. The molecule has 0 saturated carbocycles. The van der Waals surface area contributed by atoms with Crippen molar-refractivity contribution in [2.45, 2.75) is 26.8 Å². The quantitative estimate of drug-likeness (QED) is 0.263. The molecule has 0 aliphatic carbocycles. The molecular weight excluding hydrogens is 417 g/mol. The number of rotatable bonds is 9. The zero-order valence-electron chi connectivity index (χ0n) is 15.5. The summed E-state index contributed by atoms with van der Waals surface area (Å²) in [5.41, 5.74) is 0.986. The average Bonchev–Trinajstić information content (AvgIpc) is 2.53. The summed E-state index contributed by atoms with van der Waals surface area (Å²) < 4.78 is 5.56. The van der Waals surface area contributed by atoms with Gasteiger partial charge in [-0.3, -0.25) is 4.99 Å². The van der Waals surface area contributed by atoms with Crippen molar-refractivity contribution < 1.29 is 4.74 Å². The van der Waals surface area contributed by atoms with Crippen molar-refractivity contribution in [1.82, 2.24) is 15.6 Å². The van der Waals surface area contributed by atoms with Crippen LogP contribution >= 0.6 is 24.0 Å². The Morgan fingerprint density at radius 1 is 1.29 bits per heavy atom. The molecule has 0 amide bonds. The number of anilines is 1. The molecule has 1 aromatic heterocycles. The van der Waals surface area contributed by atoms with Crippen LogP contribution in [0.15, 0.2) is 23.2 Å². The summed E-state index contributed by atoms with van der Waals surface area (Å²) in [5.74, 6) is 2.32. The lowest BCUT2D eigenvalue weighted by Gasteiger charge is -2.14. The van der Waals surface area contributed by atoms with Gasteiger partial charge < -0.3 is 20.3 Å². The van der Waals surface area contributed by atoms with Gasteiger partial charge >= 0.3 is 0 Å². The van der Waals surface area contributed by atoms with Crippen molar-refractivity contribution in [2.75, 3.05) is 45.8 Å².